The molecule has 0 radical (unpaired) electrons. The predicted octanol–water partition coefficient (Wildman–Crippen LogP) is 4.42. The first-order valence-electron chi connectivity index (χ1n) is 9.07. The third-order valence-corrected chi connectivity index (χ3v) is 5.01. The third-order valence-electron chi connectivity index (χ3n) is 5.01. The van der Waals surface area contributed by atoms with Gasteiger partial charge in [0.05, 0.1) is 5.69 Å². The summed E-state index contributed by atoms with van der Waals surface area (Å²) in [6, 6.07) is 19.1. The zero-order valence-electron chi connectivity index (χ0n) is 14.5. The minimum Gasteiger partial charge on any atom is -0.444 e. The number of anilines is 1. The first kappa shape index (κ1) is 16.2. The van der Waals surface area contributed by atoms with Crippen molar-refractivity contribution in [2.75, 3.05) is 4.90 Å². The Morgan fingerprint density at radius 1 is 1.12 bits per heavy atom. The molecule has 1 fully saturated rings. The number of amides is 1. The third kappa shape index (κ3) is 3.54. The Hall–Kier alpha value is -2.33. The first-order valence-corrected chi connectivity index (χ1v) is 9.07. The van der Waals surface area contributed by atoms with Crippen molar-refractivity contribution in [1.29, 1.82) is 0 Å². The van der Waals surface area contributed by atoms with Gasteiger partial charge in [0.15, 0.2) is 0 Å². The van der Waals surface area contributed by atoms with E-state index in [1.807, 2.05) is 53.4 Å². The van der Waals surface area contributed by atoms with E-state index in [0.717, 1.165) is 17.7 Å². The molecule has 2 atom stereocenters. The van der Waals surface area contributed by atoms with Crippen LogP contribution in [-0.2, 0) is 11.3 Å². The number of para-hydroxylation sites is 1. The number of nitrogens with zero attached hydrogens (tertiary/aromatic N) is 1. The van der Waals surface area contributed by atoms with Gasteiger partial charge in [-0.05, 0) is 43.4 Å². The van der Waals surface area contributed by atoms with Crippen molar-refractivity contribution in [2.24, 2.45) is 0 Å². The molecule has 1 aliphatic heterocycles. The molecular formula is C21H24N2O2. The lowest BCUT2D eigenvalue weighted by Gasteiger charge is -2.39. The summed E-state index contributed by atoms with van der Waals surface area (Å²) < 4.78 is 5.59. The minimum atomic E-state index is -0.270. The van der Waals surface area contributed by atoms with Crippen molar-refractivity contribution in [2.45, 2.75) is 50.9 Å². The molecule has 2 unspecified atom stereocenters. The molecule has 1 amide bonds. The summed E-state index contributed by atoms with van der Waals surface area (Å²) in [5, 5.41) is 3.72. The number of fused-ring (bicyclic) bond motifs is 1. The lowest BCUT2D eigenvalue weighted by molar-refractivity contribution is 0.143. The van der Waals surface area contributed by atoms with Crippen LogP contribution in [0, 0.1) is 0 Å². The molecule has 1 N–H and O–H groups in total. The molecule has 130 valence electrons. The van der Waals surface area contributed by atoms with E-state index in [0.29, 0.717) is 18.7 Å². The highest BCUT2D eigenvalue weighted by Gasteiger charge is 2.36. The number of rotatable bonds is 4. The Bertz CT molecular complexity index is 743. The molecule has 2 aromatic rings. The van der Waals surface area contributed by atoms with Crippen molar-refractivity contribution in [3.05, 3.63) is 65.7 Å². The fourth-order valence-corrected chi connectivity index (χ4v) is 3.57. The van der Waals surface area contributed by atoms with E-state index in [9.17, 15) is 4.79 Å². The van der Waals surface area contributed by atoms with Crippen LogP contribution in [0.25, 0.3) is 0 Å². The molecule has 4 rings (SSSR count). The second-order valence-electron chi connectivity index (χ2n) is 7.05. The van der Waals surface area contributed by atoms with Crippen LogP contribution in [0.5, 0.6) is 0 Å². The normalized spacial score (nSPS) is 22.4. The van der Waals surface area contributed by atoms with Gasteiger partial charge in [-0.2, -0.15) is 0 Å². The van der Waals surface area contributed by atoms with E-state index >= 15 is 0 Å². The second-order valence-corrected chi connectivity index (χ2v) is 7.05. The quantitative estimate of drug-likeness (QED) is 0.899. The average Bonchev–Trinajstić information content (AvgIpc) is 3.45. The molecule has 4 heteroatoms. The first-order chi connectivity index (χ1) is 12.2. The van der Waals surface area contributed by atoms with Crippen LogP contribution in [0.2, 0.25) is 0 Å². The lowest BCUT2D eigenvalue weighted by atomic mass is 9.92. The van der Waals surface area contributed by atoms with Gasteiger partial charge in [-0.15, -0.1) is 0 Å². The van der Waals surface area contributed by atoms with Gasteiger partial charge in [-0.25, -0.2) is 4.79 Å². The van der Waals surface area contributed by atoms with Crippen molar-refractivity contribution < 1.29 is 9.53 Å². The molecule has 1 aliphatic carbocycles. The highest BCUT2D eigenvalue weighted by Crippen LogP contribution is 2.39. The molecule has 2 aliphatic rings. The van der Waals surface area contributed by atoms with Gasteiger partial charge in [0.2, 0.25) is 0 Å². The SMILES string of the molecule is CC1CC(NC2CC2)c2ccccc2N1C(=O)OCc1ccccc1. The highest BCUT2D eigenvalue weighted by molar-refractivity contribution is 5.90. The Kier molecular flexibility index (Phi) is 4.45. The maximum atomic E-state index is 12.8. The molecule has 2 aromatic carbocycles. The molecule has 4 nitrogen and oxygen atoms in total. The Morgan fingerprint density at radius 2 is 1.84 bits per heavy atom. The average molecular weight is 336 g/mol. The van der Waals surface area contributed by atoms with Gasteiger partial charge in [0.1, 0.15) is 6.61 Å². The number of ether oxygens (including phenoxy) is 1. The van der Waals surface area contributed by atoms with Crippen LogP contribution in [0.4, 0.5) is 10.5 Å². The summed E-state index contributed by atoms with van der Waals surface area (Å²) >= 11 is 0. The van der Waals surface area contributed by atoms with Crippen LogP contribution < -0.4 is 10.2 Å². The molecule has 0 saturated heterocycles. The van der Waals surface area contributed by atoms with Gasteiger partial charge >= 0.3 is 6.09 Å². The van der Waals surface area contributed by atoms with Crippen LogP contribution in [0.3, 0.4) is 0 Å². The van der Waals surface area contributed by atoms with Crippen LogP contribution in [0.15, 0.2) is 54.6 Å². The van der Waals surface area contributed by atoms with Crippen LogP contribution in [-0.4, -0.2) is 18.2 Å². The monoisotopic (exact) mass is 336 g/mol. The zero-order valence-corrected chi connectivity index (χ0v) is 14.5. The highest BCUT2D eigenvalue weighted by atomic mass is 16.6. The Balaban J connectivity index is 1.52. The minimum absolute atomic E-state index is 0.106. The van der Waals surface area contributed by atoms with E-state index in [4.69, 9.17) is 4.74 Å². The van der Waals surface area contributed by atoms with Gasteiger partial charge in [0, 0.05) is 18.1 Å². The number of nitrogens with one attached hydrogen (secondary N) is 1. The van der Waals surface area contributed by atoms with Crippen molar-refractivity contribution in [3.8, 4) is 0 Å². The van der Waals surface area contributed by atoms with Gasteiger partial charge in [-0.3, -0.25) is 4.90 Å². The number of carbonyl (C=O) groups is 1. The van der Waals surface area contributed by atoms with E-state index < -0.39 is 0 Å². The largest absolute Gasteiger partial charge is 0.444 e. The summed E-state index contributed by atoms with van der Waals surface area (Å²) in [5.41, 5.74) is 3.17. The molecular weight excluding hydrogens is 312 g/mol. The lowest BCUT2D eigenvalue weighted by Crippen LogP contribution is -2.46. The van der Waals surface area contributed by atoms with Crippen molar-refractivity contribution in [3.63, 3.8) is 0 Å². The summed E-state index contributed by atoms with van der Waals surface area (Å²) in [5.74, 6) is 0. The zero-order chi connectivity index (χ0) is 17.2. The van der Waals surface area contributed by atoms with Crippen molar-refractivity contribution >= 4 is 11.8 Å². The Morgan fingerprint density at radius 3 is 2.60 bits per heavy atom. The molecule has 0 bridgehead atoms. The molecule has 1 heterocycles. The Labute approximate surface area is 148 Å². The van der Waals surface area contributed by atoms with E-state index in [2.05, 4.69) is 18.3 Å². The number of carbonyl (C=O) groups excluding carboxylic acids is 1. The van der Waals surface area contributed by atoms with E-state index in [-0.39, 0.29) is 12.1 Å². The summed E-state index contributed by atoms with van der Waals surface area (Å²) in [4.78, 5) is 14.6. The number of benzene rings is 2. The standard InChI is InChI=1S/C21H24N2O2/c1-15-13-19(22-17-11-12-17)18-9-5-6-10-20(18)23(15)21(24)25-14-16-7-3-2-4-8-16/h2-10,15,17,19,22H,11-14H2,1H3. The van der Waals surface area contributed by atoms with Crippen molar-refractivity contribution in [1.82, 2.24) is 5.32 Å². The summed E-state index contributed by atoms with van der Waals surface area (Å²) in [6.45, 7) is 2.40. The maximum absolute atomic E-state index is 12.8. The fourth-order valence-electron chi connectivity index (χ4n) is 3.57. The molecule has 0 spiro atoms. The topological polar surface area (TPSA) is 41.6 Å². The fraction of sp³-hybridized carbons (Fsp3) is 0.381. The van der Waals surface area contributed by atoms with Crippen LogP contribution >= 0.6 is 0 Å². The molecule has 25 heavy (non-hydrogen) atoms. The van der Waals surface area contributed by atoms with Gasteiger partial charge < -0.3 is 10.1 Å². The van der Waals surface area contributed by atoms with E-state index in [1.54, 1.807) is 0 Å². The molecule has 0 aromatic heterocycles. The molecule has 1 saturated carbocycles. The van der Waals surface area contributed by atoms with Crippen LogP contribution in [0.1, 0.15) is 43.4 Å². The second kappa shape index (κ2) is 6.89. The maximum Gasteiger partial charge on any atom is 0.414 e. The van der Waals surface area contributed by atoms with E-state index in [1.165, 1.54) is 18.4 Å². The number of hydrogen-bond donors (Lipinski definition) is 1. The predicted molar refractivity (Wildman–Crippen MR) is 98.5 cm³/mol. The van der Waals surface area contributed by atoms with Gasteiger partial charge in [-0.1, -0.05) is 48.5 Å². The summed E-state index contributed by atoms with van der Waals surface area (Å²) in [6.07, 6.45) is 3.16. The van der Waals surface area contributed by atoms with Gasteiger partial charge in [0.25, 0.3) is 0 Å². The number of hydrogen-bond acceptors (Lipinski definition) is 3. The summed E-state index contributed by atoms with van der Waals surface area (Å²) in [7, 11) is 0. The smallest absolute Gasteiger partial charge is 0.414 e.